The zero-order valence-electron chi connectivity index (χ0n) is 7.08. The van der Waals surface area contributed by atoms with Crippen LogP contribution in [0.5, 0.6) is 0 Å². The maximum absolute atomic E-state index is 12.8. The first-order valence-electron chi connectivity index (χ1n) is 4.48. The molecule has 2 heteroatoms. The van der Waals surface area contributed by atoms with E-state index < -0.39 is 5.92 Å². The zero-order valence-corrected chi connectivity index (χ0v) is 7.08. The van der Waals surface area contributed by atoms with Gasteiger partial charge in [0.25, 0.3) is 0 Å². The van der Waals surface area contributed by atoms with Crippen LogP contribution >= 0.6 is 0 Å². The summed E-state index contributed by atoms with van der Waals surface area (Å²) in [5.74, 6) is -1.87. The lowest BCUT2D eigenvalue weighted by Gasteiger charge is -2.22. The highest BCUT2D eigenvalue weighted by atomic mass is 19.3. The van der Waals surface area contributed by atoms with E-state index in [1.165, 1.54) is 0 Å². The highest BCUT2D eigenvalue weighted by molar-refractivity contribution is 4.71. The second-order valence-electron chi connectivity index (χ2n) is 3.75. The van der Waals surface area contributed by atoms with Crippen molar-refractivity contribution in [2.45, 2.75) is 51.4 Å². The molecule has 0 aromatic heterocycles. The molecule has 1 saturated carbocycles. The van der Waals surface area contributed by atoms with E-state index in [1.54, 1.807) is 0 Å². The molecule has 0 N–H and O–H groups in total. The van der Waals surface area contributed by atoms with E-state index in [1.807, 2.05) is 0 Å². The summed E-state index contributed by atoms with van der Waals surface area (Å²) in [6.07, 6.45) is 3.74. The van der Waals surface area contributed by atoms with Gasteiger partial charge in [-0.25, -0.2) is 8.78 Å². The molecule has 0 aromatic carbocycles. The molecule has 1 aliphatic rings. The van der Waals surface area contributed by atoms with Gasteiger partial charge in [0, 0.05) is 12.8 Å². The maximum atomic E-state index is 12.8. The van der Waals surface area contributed by atoms with Gasteiger partial charge in [0.2, 0.25) is 5.92 Å². The number of hydrogen-bond acceptors (Lipinski definition) is 0. The molecule has 1 aliphatic carbocycles. The third-order valence-electron chi connectivity index (χ3n) is 2.49. The SMILES string of the molecule is CC1CCCCC(F)(F)CC1. The summed E-state index contributed by atoms with van der Waals surface area (Å²) in [6, 6.07) is 0. The third-order valence-corrected chi connectivity index (χ3v) is 2.49. The Morgan fingerprint density at radius 2 is 1.82 bits per heavy atom. The third kappa shape index (κ3) is 3.17. The summed E-state index contributed by atoms with van der Waals surface area (Å²) in [5, 5.41) is 0. The van der Waals surface area contributed by atoms with Crippen LogP contribution < -0.4 is 0 Å². The summed E-state index contributed by atoms with van der Waals surface area (Å²) in [6.45, 7) is 2.07. The Balaban J connectivity index is 2.38. The van der Waals surface area contributed by atoms with Gasteiger partial charge in [-0.05, 0) is 18.8 Å². The molecule has 1 unspecified atom stereocenters. The van der Waals surface area contributed by atoms with E-state index in [-0.39, 0.29) is 12.8 Å². The van der Waals surface area contributed by atoms with Crippen LogP contribution in [0.3, 0.4) is 0 Å². The topological polar surface area (TPSA) is 0 Å². The summed E-state index contributed by atoms with van der Waals surface area (Å²) in [4.78, 5) is 0. The summed E-state index contributed by atoms with van der Waals surface area (Å²) in [5.41, 5.74) is 0. The number of rotatable bonds is 0. The van der Waals surface area contributed by atoms with Gasteiger partial charge in [-0.15, -0.1) is 0 Å². The second-order valence-corrected chi connectivity index (χ2v) is 3.75. The van der Waals surface area contributed by atoms with E-state index in [0.29, 0.717) is 18.8 Å². The first kappa shape index (κ1) is 8.95. The van der Waals surface area contributed by atoms with Crippen LogP contribution in [0.4, 0.5) is 8.78 Å². The highest BCUT2D eigenvalue weighted by Crippen LogP contribution is 2.32. The van der Waals surface area contributed by atoms with Crippen LogP contribution in [0.2, 0.25) is 0 Å². The molecule has 1 rings (SSSR count). The van der Waals surface area contributed by atoms with Crippen molar-refractivity contribution in [2.75, 3.05) is 0 Å². The van der Waals surface area contributed by atoms with Crippen LogP contribution in [-0.4, -0.2) is 5.92 Å². The standard InChI is InChI=1S/C9H16F2/c1-8-4-2-3-6-9(10,11)7-5-8/h8H,2-7H2,1H3. The maximum Gasteiger partial charge on any atom is 0.248 e. The molecule has 0 spiro atoms. The Kier molecular flexibility index (Phi) is 2.85. The lowest BCUT2D eigenvalue weighted by Crippen LogP contribution is -2.19. The first-order chi connectivity index (χ1) is 5.10. The summed E-state index contributed by atoms with van der Waals surface area (Å²) < 4.78 is 25.6. The van der Waals surface area contributed by atoms with Crippen molar-refractivity contribution in [2.24, 2.45) is 5.92 Å². The van der Waals surface area contributed by atoms with Crippen molar-refractivity contribution >= 4 is 0 Å². The van der Waals surface area contributed by atoms with Crippen molar-refractivity contribution in [1.82, 2.24) is 0 Å². The molecule has 0 radical (unpaired) electrons. The molecule has 0 aliphatic heterocycles. The fraction of sp³-hybridized carbons (Fsp3) is 1.00. The van der Waals surface area contributed by atoms with Crippen LogP contribution in [-0.2, 0) is 0 Å². The number of alkyl halides is 2. The average Bonchev–Trinajstić information content (AvgIpc) is 1.92. The van der Waals surface area contributed by atoms with Crippen molar-refractivity contribution in [3.8, 4) is 0 Å². The predicted octanol–water partition coefficient (Wildman–Crippen LogP) is 3.61. The fourth-order valence-electron chi connectivity index (χ4n) is 1.60. The van der Waals surface area contributed by atoms with Gasteiger partial charge < -0.3 is 0 Å². The molecule has 0 heterocycles. The van der Waals surface area contributed by atoms with Gasteiger partial charge in [-0.1, -0.05) is 19.8 Å². The fourth-order valence-corrected chi connectivity index (χ4v) is 1.60. The zero-order chi connectivity index (χ0) is 8.32. The Bertz CT molecular complexity index is 121. The van der Waals surface area contributed by atoms with Crippen molar-refractivity contribution in [1.29, 1.82) is 0 Å². The lowest BCUT2D eigenvalue weighted by atomic mass is 9.91. The molecule has 1 atom stereocenters. The van der Waals surface area contributed by atoms with Crippen molar-refractivity contribution < 1.29 is 8.78 Å². The molecule has 0 aromatic rings. The monoisotopic (exact) mass is 162 g/mol. The first-order valence-corrected chi connectivity index (χ1v) is 4.48. The average molecular weight is 162 g/mol. The summed E-state index contributed by atoms with van der Waals surface area (Å²) >= 11 is 0. The van der Waals surface area contributed by atoms with E-state index in [9.17, 15) is 8.78 Å². The quantitative estimate of drug-likeness (QED) is 0.510. The van der Waals surface area contributed by atoms with E-state index >= 15 is 0 Å². The molecule has 0 nitrogen and oxygen atoms in total. The number of halogens is 2. The summed E-state index contributed by atoms with van der Waals surface area (Å²) in [7, 11) is 0. The van der Waals surface area contributed by atoms with Crippen LogP contribution in [0.1, 0.15) is 45.4 Å². The van der Waals surface area contributed by atoms with Gasteiger partial charge in [0.1, 0.15) is 0 Å². The van der Waals surface area contributed by atoms with Crippen LogP contribution in [0.25, 0.3) is 0 Å². The molecule has 11 heavy (non-hydrogen) atoms. The van der Waals surface area contributed by atoms with Gasteiger partial charge in [0.15, 0.2) is 0 Å². The molecule has 1 fully saturated rings. The minimum absolute atomic E-state index is 0.105. The smallest absolute Gasteiger partial charge is 0.207 e. The Morgan fingerprint density at radius 3 is 2.55 bits per heavy atom. The Labute approximate surface area is 67.0 Å². The Morgan fingerprint density at radius 1 is 1.09 bits per heavy atom. The Hall–Kier alpha value is -0.140. The van der Waals surface area contributed by atoms with E-state index in [4.69, 9.17) is 0 Å². The minimum Gasteiger partial charge on any atom is -0.207 e. The largest absolute Gasteiger partial charge is 0.248 e. The molecule has 0 bridgehead atoms. The molecule has 0 saturated heterocycles. The highest BCUT2D eigenvalue weighted by Gasteiger charge is 2.29. The minimum atomic E-state index is -2.37. The van der Waals surface area contributed by atoms with E-state index in [2.05, 4.69) is 6.92 Å². The van der Waals surface area contributed by atoms with E-state index in [0.717, 1.165) is 12.8 Å². The number of hydrogen-bond donors (Lipinski definition) is 0. The van der Waals surface area contributed by atoms with Gasteiger partial charge in [0.05, 0.1) is 0 Å². The van der Waals surface area contributed by atoms with Crippen molar-refractivity contribution in [3.63, 3.8) is 0 Å². The van der Waals surface area contributed by atoms with Crippen molar-refractivity contribution in [3.05, 3.63) is 0 Å². The second kappa shape index (κ2) is 3.51. The van der Waals surface area contributed by atoms with Gasteiger partial charge in [-0.2, -0.15) is 0 Å². The molecular weight excluding hydrogens is 146 g/mol. The predicted molar refractivity (Wildman–Crippen MR) is 41.8 cm³/mol. The lowest BCUT2D eigenvalue weighted by molar-refractivity contribution is -0.0282. The molecule has 0 amide bonds. The molecule has 66 valence electrons. The molecular formula is C9H16F2. The van der Waals surface area contributed by atoms with Crippen LogP contribution in [0, 0.1) is 5.92 Å². The van der Waals surface area contributed by atoms with Gasteiger partial charge in [-0.3, -0.25) is 0 Å². The van der Waals surface area contributed by atoms with Crippen LogP contribution in [0.15, 0.2) is 0 Å². The normalized spacial score (nSPS) is 32.5. The van der Waals surface area contributed by atoms with Gasteiger partial charge >= 0.3 is 0 Å².